The first kappa shape index (κ1) is 54.7. The zero-order valence-corrected chi connectivity index (χ0v) is 40.3. The minimum atomic E-state index is -5.08. The number of alkyl halides is 3. The van der Waals surface area contributed by atoms with Gasteiger partial charge in [0.2, 0.25) is 35.4 Å². The SMILES string of the molecule is CN1C(=O)CCC(N2Cc3c(C#CCCCCCC(=O)N4CC[C@H]5CC[C@@H](C(=O)N[C@@H](CCC(N)=O)C(=O)NC(c6ccccc6)c6ccccc6)N5C(=O)[C@@H](N)C4)cccc3C2=O)C1=O.O=C(O)C(F)(F)F. The number of nitrogens with zero attached hydrogens (tertiary/aromatic N) is 4. The van der Waals surface area contributed by atoms with Crippen LogP contribution in [0.2, 0.25) is 0 Å². The second-order valence-electron chi connectivity index (χ2n) is 18.3. The van der Waals surface area contributed by atoms with Gasteiger partial charge in [-0.05, 0) is 73.8 Å². The van der Waals surface area contributed by atoms with Crippen molar-refractivity contribution in [2.24, 2.45) is 11.5 Å². The Balaban J connectivity index is 0.00000116. The maximum absolute atomic E-state index is 14.0. The van der Waals surface area contributed by atoms with Gasteiger partial charge in [0.25, 0.3) is 11.8 Å². The number of aliphatic carboxylic acids is 1. The maximum Gasteiger partial charge on any atom is 0.490 e. The van der Waals surface area contributed by atoms with Crippen molar-refractivity contribution >= 4 is 53.2 Å². The molecular weight excluding hydrogens is 954 g/mol. The van der Waals surface area contributed by atoms with Crippen LogP contribution in [-0.2, 0) is 44.9 Å². The maximum atomic E-state index is 14.0. The Labute approximate surface area is 419 Å². The molecule has 0 bridgehead atoms. The second-order valence-corrected chi connectivity index (χ2v) is 18.3. The van der Waals surface area contributed by atoms with Crippen LogP contribution in [0.25, 0.3) is 0 Å². The van der Waals surface area contributed by atoms with Crippen LogP contribution in [0.3, 0.4) is 0 Å². The molecule has 3 saturated heterocycles. The third-order valence-corrected chi connectivity index (χ3v) is 13.4. The number of imide groups is 1. The summed E-state index contributed by atoms with van der Waals surface area (Å²) < 4.78 is 31.7. The fourth-order valence-electron chi connectivity index (χ4n) is 9.50. The van der Waals surface area contributed by atoms with Crippen molar-refractivity contribution in [3.8, 4) is 11.8 Å². The number of rotatable bonds is 15. The molecule has 388 valence electrons. The highest BCUT2D eigenvalue weighted by molar-refractivity contribution is 6.05. The van der Waals surface area contributed by atoms with E-state index in [2.05, 4.69) is 22.5 Å². The number of carboxylic acids is 1. The number of carbonyl (C=O) groups excluding carboxylic acids is 8. The molecule has 3 aromatic carbocycles. The van der Waals surface area contributed by atoms with Crippen molar-refractivity contribution in [1.82, 2.24) is 30.2 Å². The first-order valence-electron chi connectivity index (χ1n) is 24.1. The van der Waals surface area contributed by atoms with E-state index in [1.54, 1.807) is 17.0 Å². The van der Waals surface area contributed by atoms with Gasteiger partial charge in [-0.2, -0.15) is 13.2 Å². The summed E-state index contributed by atoms with van der Waals surface area (Å²) in [6.07, 6.45) is -0.450. The quantitative estimate of drug-likeness (QED) is 0.0838. The molecule has 3 aromatic rings. The first-order valence-corrected chi connectivity index (χ1v) is 24.1. The molecule has 7 N–H and O–H groups in total. The van der Waals surface area contributed by atoms with Gasteiger partial charge in [0.15, 0.2) is 0 Å². The van der Waals surface area contributed by atoms with Crippen molar-refractivity contribution in [3.05, 3.63) is 107 Å². The average molecular weight is 1010 g/mol. The molecule has 0 saturated carbocycles. The first-order chi connectivity index (χ1) is 34.8. The molecular formula is C52H59F3N8O10. The largest absolute Gasteiger partial charge is 0.490 e. The number of likely N-dealkylation sites (tertiary alicyclic amines) is 1. The number of hydrogen-bond acceptors (Lipinski definition) is 10. The van der Waals surface area contributed by atoms with E-state index in [1.807, 2.05) is 66.7 Å². The fraction of sp³-hybridized carbons (Fsp3) is 0.442. The van der Waals surface area contributed by atoms with Gasteiger partial charge in [-0.25, -0.2) is 4.79 Å². The third kappa shape index (κ3) is 13.9. The standard InChI is InChI=1S/C50H58N8O8.C2HF3O2/c1-55-43(60)27-25-41(50(55)66)57-30-37-32(19-13-20-36(37)48(57)64)14-7-3-2-4-12-21-44(61)56-29-28-35-22-24-40(58(35)49(65)38(51)31-56)47(63)53-39(23-26-42(52)59)46(62)54-45(33-15-8-5-9-16-33)34-17-10-6-11-18-34;3-2(4,5)1(6)7/h5-6,8-11,13,15-20,35,38-41,45H,2-4,12,21-31,51H2,1H3,(H2,52,59)(H,53,63)(H,54,62);(H,6,7)/t35-,38+,39+,40+,41?;/m1./s1. The second kappa shape index (κ2) is 24.7. The number of nitrogens with one attached hydrogen (secondary N) is 2. The number of unbranched alkanes of at least 4 members (excludes halogenated alkanes) is 3. The zero-order chi connectivity index (χ0) is 53.0. The van der Waals surface area contributed by atoms with Crippen LogP contribution >= 0.6 is 0 Å². The number of piperidine rings is 1. The number of primary amides is 1. The normalized spacial score (nSPS) is 20.1. The van der Waals surface area contributed by atoms with E-state index < -0.39 is 66.0 Å². The summed E-state index contributed by atoms with van der Waals surface area (Å²) in [6, 6.07) is 19.6. The number of likely N-dealkylation sites (N-methyl/N-ethyl adjacent to an activating group) is 1. The Kier molecular flexibility index (Phi) is 18.5. The van der Waals surface area contributed by atoms with Gasteiger partial charge < -0.3 is 41.9 Å². The number of fused-ring (bicyclic) bond motifs is 2. The summed E-state index contributed by atoms with van der Waals surface area (Å²) >= 11 is 0. The van der Waals surface area contributed by atoms with E-state index in [4.69, 9.17) is 21.4 Å². The summed E-state index contributed by atoms with van der Waals surface area (Å²) in [5.74, 6) is 0.605. The van der Waals surface area contributed by atoms with Crippen LogP contribution < -0.4 is 22.1 Å². The Hall–Kier alpha value is -7.60. The van der Waals surface area contributed by atoms with Gasteiger partial charge in [-0.15, -0.1) is 0 Å². The third-order valence-electron chi connectivity index (χ3n) is 13.4. The minimum Gasteiger partial charge on any atom is -0.475 e. The summed E-state index contributed by atoms with van der Waals surface area (Å²) in [5.41, 5.74) is 15.6. The smallest absolute Gasteiger partial charge is 0.475 e. The summed E-state index contributed by atoms with van der Waals surface area (Å²) in [7, 11) is 1.45. The number of carboxylic acid groups (broad SMARTS) is 1. The molecule has 21 heteroatoms. The van der Waals surface area contributed by atoms with E-state index in [0.717, 1.165) is 40.0 Å². The molecule has 7 rings (SSSR count). The molecule has 0 radical (unpaired) electrons. The number of hydrogen-bond donors (Lipinski definition) is 5. The molecule has 3 fully saturated rings. The van der Waals surface area contributed by atoms with Crippen LogP contribution in [0.4, 0.5) is 13.2 Å². The fourth-order valence-corrected chi connectivity index (χ4v) is 9.50. The topological polar surface area (TPSA) is 263 Å². The lowest BCUT2D eigenvalue weighted by atomic mass is 9.98. The molecule has 8 amide bonds. The molecule has 0 spiro atoms. The van der Waals surface area contributed by atoms with Crippen molar-refractivity contribution < 1.29 is 61.4 Å². The van der Waals surface area contributed by atoms with Gasteiger partial charge in [0.1, 0.15) is 24.2 Å². The highest BCUT2D eigenvalue weighted by atomic mass is 19.4. The lowest BCUT2D eigenvalue weighted by Gasteiger charge is -2.37. The Bertz CT molecular complexity index is 2580. The Morgan fingerprint density at radius 1 is 0.822 bits per heavy atom. The van der Waals surface area contributed by atoms with E-state index in [1.165, 1.54) is 16.8 Å². The number of nitrogens with two attached hydrogens (primary N) is 2. The van der Waals surface area contributed by atoms with E-state index in [-0.39, 0.29) is 68.4 Å². The lowest BCUT2D eigenvalue weighted by Crippen LogP contribution is -2.60. The van der Waals surface area contributed by atoms with Crippen LogP contribution in [0.1, 0.15) is 116 Å². The molecule has 1 unspecified atom stereocenters. The predicted molar refractivity (Wildman–Crippen MR) is 257 cm³/mol. The van der Waals surface area contributed by atoms with Crippen molar-refractivity contribution in [3.63, 3.8) is 0 Å². The van der Waals surface area contributed by atoms with Crippen LogP contribution in [0.5, 0.6) is 0 Å². The highest BCUT2D eigenvalue weighted by Crippen LogP contribution is 2.32. The monoisotopic (exact) mass is 1010 g/mol. The summed E-state index contributed by atoms with van der Waals surface area (Å²) in [5, 5.41) is 13.0. The van der Waals surface area contributed by atoms with E-state index in [0.29, 0.717) is 50.6 Å². The predicted octanol–water partition coefficient (Wildman–Crippen LogP) is 3.30. The number of carbonyl (C=O) groups is 9. The molecule has 4 heterocycles. The number of benzene rings is 3. The van der Waals surface area contributed by atoms with Crippen LogP contribution in [0.15, 0.2) is 78.9 Å². The highest BCUT2D eigenvalue weighted by Gasteiger charge is 2.46. The molecule has 4 aliphatic heterocycles. The van der Waals surface area contributed by atoms with Gasteiger partial charge in [-0.1, -0.05) is 85.0 Å². The van der Waals surface area contributed by atoms with Crippen molar-refractivity contribution in [2.45, 2.75) is 126 Å². The van der Waals surface area contributed by atoms with Gasteiger partial charge >= 0.3 is 12.1 Å². The zero-order valence-electron chi connectivity index (χ0n) is 40.3. The Morgan fingerprint density at radius 3 is 2.11 bits per heavy atom. The van der Waals surface area contributed by atoms with Gasteiger partial charge in [0.05, 0.1) is 6.04 Å². The molecule has 4 aliphatic rings. The summed E-state index contributed by atoms with van der Waals surface area (Å²) in [6.45, 7) is 0.637. The van der Waals surface area contributed by atoms with E-state index in [9.17, 15) is 51.5 Å². The minimum absolute atomic E-state index is 0.00969. The van der Waals surface area contributed by atoms with Crippen molar-refractivity contribution in [1.29, 1.82) is 0 Å². The van der Waals surface area contributed by atoms with Crippen LogP contribution in [-0.4, -0.2) is 134 Å². The number of amides is 8. The molecule has 0 aromatic heterocycles. The molecule has 18 nitrogen and oxygen atoms in total. The Morgan fingerprint density at radius 2 is 1.48 bits per heavy atom. The van der Waals surface area contributed by atoms with E-state index >= 15 is 0 Å². The van der Waals surface area contributed by atoms with Crippen LogP contribution in [0, 0.1) is 11.8 Å². The number of halogens is 3. The van der Waals surface area contributed by atoms with Gasteiger partial charge in [-0.3, -0.25) is 43.3 Å². The summed E-state index contributed by atoms with van der Waals surface area (Å²) in [4.78, 5) is 120. The lowest BCUT2D eigenvalue weighted by molar-refractivity contribution is -0.192. The molecule has 73 heavy (non-hydrogen) atoms. The van der Waals surface area contributed by atoms with Crippen molar-refractivity contribution in [2.75, 3.05) is 20.1 Å². The molecule has 0 aliphatic carbocycles. The average Bonchev–Trinajstić information content (AvgIpc) is 3.94. The van der Waals surface area contributed by atoms with Gasteiger partial charge in [0, 0.05) is 69.5 Å². The molecule has 5 atom stereocenters.